The number of amides is 1. The highest BCUT2D eigenvalue weighted by atomic mass is 32.1. The van der Waals surface area contributed by atoms with Crippen LogP contribution < -0.4 is 9.64 Å². The highest BCUT2D eigenvalue weighted by Crippen LogP contribution is 2.34. The Bertz CT molecular complexity index is 1450. The van der Waals surface area contributed by atoms with Gasteiger partial charge in [-0.1, -0.05) is 29.5 Å². The lowest BCUT2D eigenvalue weighted by Gasteiger charge is -2.18. The molecule has 0 atom stereocenters. The van der Waals surface area contributed by atoms with Gasteiger partial charge in [-0.15, -0.1) is 0 Å². The zero-order valence-corrected chi connectivity index (χ0v) is 17.5. The number of benzene rings is 2. The van der Waals surface area contributed by atoms with Crippen molar-refractivity contribution in [1.82, 2.24) is 9.97 Å². The summed E-state index contributed by atoms with van der Waals surface area (Å²) in [6, 6.07) is 12.5. The number of pyridine rings is 1. The second-order valence-electron chi connectivity index (χ2n) is 6.97. The van der Waals surface area contributed by atoms with Gasteiger partial charge < -0.3 is 9.15 Å². The molecule has 0 spiro atoms. The van der Waals surface area contributed by atoms with Crippen molar-refractivity contribution in [3.8, 4) is 5.75 Å². The van der Waals surface area contributed by atoms with Crippen LogP contribution in [0.2, 0.25) is 0 Å². The van der Waals surface area contributed by atoms with Crippen molar-refractivity contribution in [2.75, 3.05) is 12.0 Å². The number of ether oxygens (including phenoxy) is 1. The summed E-state index contributed by atoms with van der Waals surface area (Å²) in [5.74, 6) is -1.41. The van der Waals surface area contributed by atoms with Crippen LogP contribution in [0.4, 0.5) is 13.9 Å². The molecule has 0 aliphatic rings. The highest BCUT2D eigenvalue weighted by Gasteiger charge is 2.26. The number of halogens is 2. The van der Waals surface area contributed by atoms with Crippen molar-refractivity contribution in [3.05, 3.63) is 83.9 Å². The topological polar surface area (TPSA) is 68.5 Å². The number of rotatable bonds is 5. The van der Waals surface area contributed by atoms with Crippen LogP contribution in [0.25, 0.3) is 21.2 Å². The smallest absolute Gasteiger partial charge is 0.296 e. The Morgan fingerprint density at radius 3 is 2.84 bits per heavy atom. The van der Waals surface area contributed by atoms with E-state index < -0.39 is 17.5 Å². The van der Waals surface area contributed by atoms with Crippen LogP contribution in [0.1, 0.15) is 16.1 Å². The van der Waals surface area contributed by atoms with Crippen LogP contribution in [-0.2, 0) is 6.54 Å². The van der Waals surface area contributed by atoms with E-state index in [-0.39, 0.29) is 23.0 Å². The van der Waals surface area contributed by atoms with Crippen molar-refractivity contribution >= 4 is 43.6 Å². The molecule has 0 aliphatic carbocycles. The molecule has 9 heteroatoms. The first-order valence-corrected chi connectivity index (χ1v) is 10.4. The summed E-state index contributed by atoms with van der Waals surface area (Å²) in [7, 11) is 1.52. The van der Waals surface area contributed by atoms with Crippen LogP contribution in [0, 0.1) is 11.6 Å². The molecule has 2 aromatic carbocycles. The van der Waals surface area contributed by atoms with Gasteiger partial charge in [-0.25, -0.2) is 13.8 Å². The van der Waals surface area contributed by atoms with E-state index in [1.807, 2.05) is 6.07 Å². The average molecular weight is 451 g/mol. The van der Waals surface area contributed by atoms with Gasteiger partial charge in [0.2, 0.25) is 0 Å². The van der Waals surface area contributed by atoms with Crippen LogP contribution >= 0.6 is 11.3 Å². The van der Waals surface area contributed by atoms with Gasteiger partial charge in [0.15, 0.2) is 28.0 Å². The summed E-state index contributed by atoms with van der Waals surface area (Å²) in [4.78, 5) is 23.2. The third kappa shape index (κ3) is 3.56. The molecular weight excluding hydrogens is 436 g/mol. The Morgan fingerprint density at radius 1 is 1.19 bits per heavy atom. The van der Waals surface area contributed by atoms with Gasteiger partial charge in [-0.3, -0.25) is 14.7 Å². The monoisotopic (exact) mass is 451 g/mol. The van der Waals surface area contributed by atoms with Crippen LogP contribution in [0.15, 0.2) is 65.3 Å². The van der Waals surface area contributed by atoms with E-state index in [1.54, 1.807) is 42.7 Å². The van der Waals surface area contributed by atoms with E-state index in [1.165, 1.54) is 18.1 Å². The van der Waals surface area contributed by atoms with Crippen molar-refractivity contribution in [2.24, 2.45) is 0 Å². The van der Waals surface area contributed by atoms with Gasteiger partial charge in [0.05, 0.1) is 18.4 Å². The summed E-state index contributed by atoms with van der Waals surface area (Å²) in [5.41, 5.74) is 1.18. The lowest BCUT2D eigenvalue weighted by atomic mass is 10.2. The normalized spacial score (nSPS) is 11.2. The molecule has 6 nitrogen and oxygen atoms in total. The Hall–Kier alpha value is -3.85. The largest absolute Gasteiger partial charge is 0.493 e. The second kappa shape index (κ2) is 8.01. The second-order valence-corrected chi connectivity index (χ2v) is 7.98. The molecule has 0 aliphatic heterocycles. The predicted molar refractivity (Wildman–Crippen MR) is 117 cm³/mol. The molecule has 0 unspecified atom stereocenters. The molecule has 0 fully saturated rings. The minimum atomic E-state index is -0.787. The summed E-state index contributed by atoms with van der Waals surface area (Å²) < 4.78 is 39.4. The van der Waals surface area contributed by atoms with Gasteiger partial charge >= 0.3 is 0 Å². The first-order chi connectivity index (χ1) is 15.5. The molecule has 0 radical (unpaired) electrons. The van der Waals surface area contributed by atoms with Gasteiger partial charge in [0, 0.05) is 23.8 Å². The molecule has 3 heterocycles. The fourth-order valence-electron chi connectivity index (χ4n) is 3.40. The molecule has 32 heavy (non-hydrogen) atoms. The Labute approximate surface area is 184 Å². The molecule has 5 aromatic rings. The van der Waals surface area contributed by atoms with E-state index in [4.69, 9.17) is 9.15 Å². The van der Waals surface area contributed by atoms with E-state index in [0.717, 1.165) is 23.0 Å². The van der Waals surface area contributed by atoms with E-state index in [2.05, 4.69) is 9.97 Å². The van der Waals surface area contributed by atoms with Crippen molar-refractivity contribution in [2.45, 2.75) is 6.54 Å². The number of fused-ring (bicyclic) bond motifs is 2. The zero-order valence-electron chi connectivity index (χ0n) is 16.7. The van der Waals surface area contributed by atoms with Gasteiger partial charge in [0.1, 0.15) is 11.3 Å². The number of carbonyl (C=O) groups is 1. The number of hydrogen-bond acceptors (Lipinski definition) is 6. The first kappa shape index (κ1) is 20.1. The number of carbonyl (C=O) groups excluding carboxylic acids is 1. The van der Waals surface area contributed by atoms with Gasteiger partial charge in [-0.05, 0) is 29.8 Å². The fraction of sp³-hybridized carbons (Fsp3) is 0.0870. The van der Waals surface area contributed by atoms with Crippen LogP contribution in [0.5, 0.6) is 5.75 Å². The number of thiazole rings is 1. The molecule has 3 aromatic heterocycles. The lowest BCUT2D eigenvalue weighted by Crippen LogP contribution is -2.30. The highest BCUT2D eigenvalue weighted by molar-refractivity contribution is 7.22. The molecule has 5 rings (SSSR count). The lowest BCUT2D eigenvalue weighted by molar-refractivity contribution is 0.0960. The Kier molecular flexibility index (Phi) is 5.02. The molecule has 0 N–H and O–H groups in total. The quantitative estimate of drug-likeness (QED) is 0.349. The van der Waals surface area contributed by atoms with Gasteiger partial charge in [-0.2, -0.15) is 0 Å². The summed E-state index contributed by atoms with van der Waals surface area (Å²) in [6.07, 6.45) is 3.24. The Morgan fingerprint density at radius 2 is 2.06 bits per heavy atom. The average Bonchev–Trinajstić information content (AvgIpc) is 3.42. The number of anilines is 1. The van der Waals surface area contributed by atoms with Crippen LogP contribution in [-0.4, -0.2) is 23.0 Å². The zero-order chi connectivity index (χ0) is 22.2. The maximum atomic E-state index is 14.3. The number of furan rings is 1. The summed E-state index contributed by atoms with van der Waals surface area (Å²) in [5, 5.41) is 0.914. The summed E-state index contributed by atoms with van der Waals surface area (Å²) in [6.45, 7) is 0.116. The third-order valence-electron chi connectivity index (χ3n) is 4.88. The first-order valence-electron chi connectivity index (χ1n) is 9.56. The van der Waals surface area contributed by atoms with Crippen LogP contribution in [0.3, 0.4) is 0 Å². The van der Waals surface area contributed by atoms with Crippen molar-refractivity contribution in [1.29, 1.82) is 0 Å². The maximum absolute atomic E-state index is 14.3. The minimum Gasteiger partial charge on any atom is -0.493 e. The molecule has 0 bridgehead atoms. The van der Waals surface area contributed by atoms with Crippen molar-refractivity contribution < 1.29 is 22.7 Å². The summed E-state index contributed by atoms with van der Waals surface area (Å²) >= 11 is 1.02. The standard InChI is InChI=1S/C23H15F2N3O3S/c1-30-17-6-2-5-14-8-18(31-21(14)17)22(29)28(12-13-4-3-7-26-11-13)23-27-20-16(25)9-15(24)10-19(20)32-23/h2-11H,12H2,1H3. The molecule has 1 amide bonds. The number of aromatic nitrogens is 2. The number of nitrogens with zero attached hydrogens (tertiary/aromatic N) is 3. The molecular formula is C23H15F2N3O3S. The number of para-hydroxylation sites is 1. The number of hydrogen-bond donors (Lipinski definition) is 0. The van der Waals surface area contributed by atoms with E-state index >= 15 is 0 Å². The van der Waals surface area contributed by atoms with Crippen molar-refractivity contribution in [3.63, 3.8) is 0 Å². The maximum Gasteiger partial charge on any atom is 0.296 e. The minimum absolute atomic E-state index is 0.00154. The Balaban J connectivity index is 1.61. The fourth-order valence-corrected chi connectivity index (χ4v) is 4.40. The molecule has 160 valence electrons. The van der Waals surface area contributed by atoms with E-state index in [0.29, 0.717) is 21.4 Å². The van der Waals surface area contributed by atoms with E-state index in [9.17, 15) is 13.6 Å². The number of methoxy groups -OCH3 is 1. The third-order valence-corrected chi connectivity index (χ3v) is 5.91. The molecule has 0 saturated carbocycles. The SMILES string of the molecule is COc1cccc2cc(C(=O)N(Cc3cccnc3)c3nc4c(F)cc(F)cc4s3)oc12. The van der Waals surface area contributed by atoms with Gasteiger partial charge in [0.25, 0.3) is 5.91 Å². The molecule has 0 saturated heterocycles. The predicted octanol–water partition coefficient (Wildman–Crippen LogP) is 5.57.